The van der Waals surface area contributed by atoms with E-state index in [4.69, 9.17) is 0 Å². The first-order valence-corrected chi connectivity index (χ1v) is 9.65. The summed E-state index contributed by atoms with van der Waals surface area (Å²) in [6.45, 7) is 2.55. The summed E-state index contributed by atoms with van der Waals surface area (Å²) in [7, 11) is 4.00. The van der Waals surface area contributed by atoms with Gasteiger partial charge in [-0.2, -0.15) is 0 Å². The van der Waals surface area contributed by atoms with Crippen LogP contribution in [0.2, 0.25) is 0 Å². The number of aryl methyl sites for hydroxylation is 1. The molecular formula is C20H23N5OS. The number of hydrogen-bond donors (Lipinski definition) is 2. The van der Waals surface area contributed by atoms with Crippen LogP contribution in [0.15, 0.2) is 53.7 Å². The third kappa shape index (κ3) is 5.34. The largest absolute Gasteiger partial charge is 0.378 e. The van der Waals surface area contributed by atoms with E-state index in [9.17, 15) is 4.79 Å². The van der Waals surface area contributed by atoms with Crippen LogP contribution >= 0.6 is 11.8 Å². The quantitative estimate of drug-likeness (QED) is 0.615. The Balaban J connectivity index is 1.47. The lowest BCUT2D eigenvalue weighted by Gasteiger charge is -2.12. The minimum Gasteiger partial charge on any atom is -0.378 e. The molecular weight excluding hydrogens is 358 g/mol. The second-order valence-corrected chi connectivity index (χ2v) is 7.40. The van der Waals surface area contributed by atoms with Gasteiger partial charge in [-0.1, -0.05) is 53.7 Å². The number of carbonyl (C=O) groups is 1. The SMILES string of the molecule is Cc1ccc(-c2nc(SCC(=O)NCc3ccc(N(C)C)cc3)n[nH]2)cc1. The lowest BCUT2D eigenvalue weighted by atomic mass is 10.1. The smallest absolute Gasteiger partial charge is 0.230 e. The van der Waals surface area contributed by atoms with Gasteiger partial charge in [0, 0.05) is 31.9 Å². The zero-order valence-electron chi connectivity index (χ0n) is 15.7. The summed E-state index contributed by atoms with van der Waals surface area (Å²) >= 11 is 1.32. The zero-order chi connectivity index (χ0) is 19.2. The molecule has 2 N–H and O–H groups in total. The molecule has 6 nitrogen and oxygen atoms in total. The minimum absolute atomic E-state index is 0.0432. The highest BCUT2D eigenvalue weighted by molar-refractivity contribution is 7.99. The van der Waals surface area contributed by atoms with Crippen molar-refractivity contribution in [2.45, 2.75) is 18.6 Å². The van der Waals surface area contributed by atoms with Gasteiger partial charge >= 0.3 is 0 Å². The van der Waals surface area contributed by atoms with Crippen LogP contribution < -0.4 is 10.2 Å². The van der Waals surface area contributed by atoms with Crippen LogP contribution in [-0.4, -0.2) is 40.9 Å². The van der Waals surface area contributed by atoms with Gasteiger partial charge in [0.15, 0.2) is 5.82 Å². The number of H-pyrrole nitrogens is 1. The number of nitrogens with zero attached hydrogens (tertiary/aromatic N) is 3. The van der Waals surface area contributed by atoms with Crippen LogP contribution in [0.3, 0.4) is 0 Å². The molecule has 1 heterocycles. The Bertz CT molecular complexity index is 887. The fourth-order valence-electron chi connectivity index (χ4n) is 2.45. The van der Waals surface area contributed by atoms with Crippen LogP contribution in [0.1, 0.15) is 11.1 Å². The number of hydrogen-bond acceptors (Lipinski definition) is 5. The number of rotatable bonds is 7. The first-order valence-electron chi connectivity index (χ1n) is 8.66. The number of amides is 1. The number of benzene rings is 2. The Morgan fingerprint density at radius 1 is 1.11 bits per heavy atom. The molecule has 3 rings (SSSR count). The van der Waals surface area contributed by atoms with Crippen LogP contribution in [0.5, 0.6) is 0 Å². The number of nitrogens with one attached hydrogen (secondary N) is 2. The average molecular weight is 382 g/mol. The Morgan fingerprint density at radius 3 is 2.48 bits per heavy atom. The first-order chi connectivity index (χ1) is 13.0. The molecule has 27 heavy (non-hydrogen) atoms. The van der Waals surface area contributed by atoms with Crippen molar-refractivity contribution in [3.05, 3.63) is 59.7 Å². The van der Waals surface area contributed by atoms with Gasteiger partial charge in [-0.3, -0.25) is 9.89 Å². The highest BCUT2D eigenvalue weighted by Gasteiger charge is 2.09. The highest BCUT2D eigenvalue weighted by Crippen LogP contribution is 2.19. The van der Waals surface area contributed by atoms with E-state index in [1.54, 1.807) is 0 Å². The predicted octanol–water partition coefficient (Wildman–Crippen LogP) is 3.25. The Morgan fingerprint density at radius 2 is 1.81 bits per heavy atom. The van der Waals surface area contributed by atoms with E-state index < -0.39 is 0 Å². The van der Waals surface area contributed by atoms with Gasteiger partial charge in [0.25, 0.3) is 0 Å². The van der Waals surface area contributed by atoms with Gasteiger partial charge in [0.1, 0.15) is 0 Å². The minimum atomic E-state index is -0.0432. The molecule has 0 aliphatic rings. The van der Waals surface area contributed by atoms with Crippen LogP contribution in [-0.2, 0) is 11.3 Å². The number of anilines is 1. The van der Waals surface area contributed by atoms with Crippen molar-refractivity contribution in [1.82, 2.24) is 20.5 Å². The van der Waals surface area contributed by atoms with Crippen LogP contribution in [0, 0.1) is 6.92 Å². The van der Waals surface area contributed by atoms with E-state index >= 15 is 0 Å². The molecule has 0 unspecified atom stereocenters. The molecule has 0 saturated carbocycles. The van der Waals surface area contributed by atoms with E-state index in [2.05, 4.69) is 20.5 Å². The van der Waals surface area contributed by atoms with Crippen LogP contribution in [0.25, 0.3) is 11.4 Å². The van der Waals surface area contributed by atoms with Crippen molar-refractivity contribution in [1.29, 1.82) is 0 Å². The molecule has 0 bridgehead atoms. The van der Waals surface area contributed by atoms with Crippen molar-refractivity contribution >= 4 is 23.4 Å². The third-order valence-electron chi connectivity index (χ3n) is 4.06. The molecule has 0 radical (unpaired) electrons. The molecule has 2 aromatic carbocycles. The van der Waals surface area contributed by atoms with Crippen molar-refractivity contribution in [3.63, 3.8) is 0 Å². The molecule has 0 aliphatic heterocycles. The topological polar surface area (TPSA) is 73.9 Å². The summed E-state index contributed by atoms with van der Waals surface area (Å²) in [6, 6.07) is 16.2. The second kappa shape index (κ2) is 8.73. The molecule has 3 aromatic rings. The van der Waals surface area contributed by atoms with E-state index in [1.165, 1.54) is 17.3 Å². The second-order valence-electron chi connectivity index (χ2n) is 6.46. The van der Waals surface area contributed by atoms with E-state index in [0.29, 0.717) is 17.5 Å². The normalized spacial score (nSPS) is 10.6. The maximum Gasteiger partial charge on any atom is 0.230 e. The van der Waals surface area contributed by atoms with E-state index in [1.807, 2.05) is 74.4 Å². The molecule has 1 amide bonds. The maximum absolute atomic E-state index is 12.1. The van der Waals surface area contributed by atoms with E-state index in [-0.39, 0.29) is 11.7 Å². The fraction of sp³-hybridized carbons (Fsp3) is 0.250. The lowest BCUT2D eigenvalue weighted by molar-refractivity contribution is -0.118. The van der Waals surface area contributed by atoms with E-state index in [0.717, 1.165) is 16.8 Å². The van der Waals surface area contributed by atoms with Gasteiger partial charge in [-0.05, 0) is 24.6 Å². The van der Waals surface area contributed by atoms with Gasteiger partial charge in [0.05, 0.1) is 5.75 Å². The molecule has 0 spiro atoms. The average Bonchev–Trinajstić information content (AvgIpc) is 3.14. The Kier molecular flexibility index (Phi) is 6.13. The van der Waals surface area contributed by atoms with Crippen molar-refractivity contribution in [2.24, 2.45) is 0 Å². The summed E-state index contributed by atoms with van der Waals surface area (Å²) in [5.41, 5.74) is 4.37. The Hall–Kier alpha value is -2.80. The Labute approximate surface area is 163 Å². The highest BCUT2D eigenvalue weighted by atomic mass is 32.2. The van der Waals surface area contributed by atoms with Gasteiger partial charge in [0.2, 0.25) is 11.1 Å². The number of carbonyl (C=O) groups excluding carboxylic acids is 1. The standard InChI is InChI=1S/C20H23N5OS/c1-14-4-8-16(9-5-14)19-22-20(24-23-19)27-13-18(26)21-12-15-6-10-17(11-7-15)25(2)3/h4-11H,12-13H2,1-3H3,(H,21,26)(H,22,23,24). The molecule has 0 atom stereocenters. The summed E-state index contributed by atoms with van der Waals surface area (Å²) < 4.78 is 0. The number of aromatic amines is 1. The van der Waals surface area contributed by atoms with Gasteiger partial charge < -0.3 is 10.2 Å². The van der Waals surface area contributed by atoms with Crippen molar-refractivity contribution in [2.75, 3.05) is 24.7 Å². The number of thioether (sulfide) groups is 1. The molecule has 140 valence electrons. The zero-order valence-corrected chi connectivity index (χ0v) is 16.5. The summed E-state index contributed by atoms with van der Waals surface area (Å²) in [5, 5.41) is 10.6. The molecule has 7 heteroatoms. The third-order valence-corrected chi connectivity index (χ3v) is 4.91. The summed E-state index contributed by atoms with van der Waals surface area (Å²) in [4.78, 5) is 18.6. The van der Waals surface area contributed by atoms with Crippen molar-refractivity contribution in [3.8, 4) is 11.4 Å². The lowest BCUT2D eigenvalue weighted by Crippen LogP contribution is -2.24. The molecule has 1 aromatic heterocycles. The molecule has 0 fully saturated rings. The van der Waals surface area contributed by atoms with Gasteiger partial charge in [-0.15, -0.1) is 5.10 Å². The summed E-state index contributed by atoms with van der Waals surface area (Å²) in [5.74, 6) is 0.943. The molecule has 0 saturated heterocycles. The molecule has 0 aliphatic carbocycles. The fourth-order valence-corrected chi connectivity index (χ4v) is 3.07. The monoisotopic (exact) mass is 381 g/mol. The first kappa shape index (κ1) is 19.0. The van der Waals surface area contributed by atoms with Gasteiger partial charge in [-0.25, -0.2) is 4.98 Å². The maximum atomic E-state index is 12.1. The van der Waals surface area contributed by atoms with Crippen LogP contribution in [0.4, 0.5) is 5.69 Å². The predicted molar refractivity (Wildman–Crippen MR) is 110 cm³/mol. The summed E-state index contributed by atoms with van der Waals surface area (Å²) in [6.07, 6.45) is 0. The van der Waals surface area contributed by atoms with Crippen molar-refractivity contribution < 1.29 is 4.79 Å². The number of aromatic nitrogens is 3.